The second-order valence-corrected chi connectivity index (χ2v) is 8.79. The van der Waals surface area contributed by atoms with E-state index in [1.165, 1.54) is 19.4 Å². The lowest BCUT2D eigenvalue weighted by atomic mass is 9.60. The minimum atomic E-state index is -0.915. The first-order valence-corrected chi connectivity index (χ1v) is 9.55. The van der Waals surface area contributed by atoms with Gasteiger partial charge in [0.15, 0.2) is 0 Å². The van der Waals surface area contributed by atoms with Crippen LogP contribution < -0.4 is 10.1 Å². The van der Waals surface area contributed by atoms with E-state index in [1.807, 2.05) is 19.9 Å². The monoisotopic (exact) mass is 390 g/mol. The number of rotatable bonds is 2. The predicted molar refractivity (Wildman–Crippen MR) is 105 cm³/mol. The number of nitrogens with zero attached hydrogens (tertiary/aromatic N) is 1. The lowest BCUT2D eigenvalue weighted by molar-refractivity contribution is -0.0628. The van der Waals surface area contributed by atoms with Gasteiger partial charge in [-0.3, -0.25) is 0 Å². The number of aliphatic hydroxyl groups is 1. The lowest BCUT2D eigenvalue weighted by Crippen LogP contribution is -2.65. The van der Waals surface area contributed by atoms with Crippen molar-refractivity contribution in [2.75, 3.05) is 12.4 Å². The largest absolute Gasteiger partial charge is 0.481 e. The molecule has 2 heterocycles. The Labute approximate surface area is 163 Å². The molecule has 2 aliphatic rings. The Kier molecular flexibility index (Phi) is 3.99. The van der Waals surface area contributed by atoms with E-state index in [9.17, 15) is 5.11 Å². The molecule has 0 spiro atoms. The number of benzene rings is 1. The number of anilines is 1. The Bertz CT molecular complexity index is 933. The van der Waals surface area contributed by atoms with Crippen molar-refractivity contribution in [2.24, 2.45) is 0 Å². The number of aromatic nitrogens is 1. The Balaban J connectivity index is 1.95. The van der Waals surface area contributed by atoms with Gasteiger partial charge in [0.25, 0.3) is 0 Å². The van der Waals surface area contributed by atoms with E-state index in [0.717, 1.165) is 24.1 Å². The zero-order valence-electron chi connectivity index (χ0n) is 16.0. The minimum absolute atomic E-state index is 0.352. The molecule has 0 saturated heterocycles. The number of hydrogen-bond acceptors (Lipinski definition) is 4. The van der Waals surface area contributed by atoms with Crippen molar-refractivity contribution in [3.05, 3.63) is 40.8 Å². The summed E-state index contributed by atoms with van der Waals surface area (Å²) in [7, 11) is 1.51. The maximum atomic E-state index is 15.1. The fourth-order valence-corrected chi connectivity index (χ4v) is 5.26. The van der Waals surface area contributed by atoms with Crippen LogP contribution in [-0.2, 0) is 5.41 Å². The number of halogens is 2. The van der Waals surface area contributed by atoms with Gasteiger partial charge in [0, 0.05) is 28.3 Å². The molecule has 1 saturated carbocycles. The highest BCUT2D eigenvalue weighted by Gasteiger charge is 2.62. The van der Waals surface area contributed by atoms with Crippen LogP contribution in [0.4, 0.5) is 10.1 Å². The molecule has 2 N–H and O–H groups in total. The van der Waals surface area contributed by atoms with E-state index in [-0.39, 0.29) is 5.82 Å². The van der Waals surface area contributed by atoms with E-state index in [1.54, 1.807) is 6.07 Å². The molecule has 144 valence electrons. The molecule has 1 fully saturated rings. The average Bonchev–Trinajstić information content (AvgIpc) is 2.93. The first-order valence-electron chi connectivity index (χ1n) is 9.17. The standard InChI is InChI=1S/C21H24ClFN2O2/c1-19(2)21(26)7-5-6-20(21,3)14-8-13(16(23)10-17(14)25-19)12-9-18(27-4)24-11-15(12)22/h8-11,25-26H,5-7H2,1-4H3. The molecule has 1 aromatic heterocycles. The van der Waals surface area contributed by atoms with Gasteiger partial charge in [-0.1, -0.05) is 18.5 Å². The van der Waals surface area contributed by atoms with Gasteiger partial charge in [-0.15, -0.1) is 0 Å². The highest BCUT2D eigenvalue weighted by atomic mass is 35.5. The van der Waals surface area contributed by atoms with Crippen LogP contribution in [0.25, 0.3) is 11.1 Å². The summed E-state index contributed by atoms with van der Waals surface area (Å²) in [6.07, 6.45) is 3.94. The molecule has 0 bridgehead atoms. The maximum Gasteiger partial charge on any atom is 0.213 e. The topological polar surface area (TPSA) is 54.4 Å². The summed E-state index contributed by atoms with van der Waals surface area (Å²) >= 11 is 6.31. The summed E-state index contributed by atoms with van der Waals surface area (Å²) in [4.78, 5) is 4.07. The highest BCUT2D eigenvalue weighted by Crippen LogP contribution is 2.59. The van der Waals surface area contributed by atoms with E-state index < -0.39 is 16.6 Å². The Morgan fingerprint density at radius 1 is 1.19 bits per heavy atom. The zero-order valence-corrected chi connectivity index (χ0v) is 16.7. The van der Waals surface area contributed by atoms with Crippen molar-refractivity contribution in [1.29, 1.82) is 0 Å². The minimum Gasteiger partial charge on any atom is -0.481 e. The number of fused-ring (bicyclic) bond motifs is 3. The van der Waals surface area contributed by atoms with Gasteiger partial charge < -0.3 is 15.2 Å². The van der Waals surface area contributed by atoms with Crippen molar-refractivity contribution in [2.45, 2.75) is 56.6 Å². The van der Waals surface area contributed by atoms with Crippen molar-refractivity contribution in [3.63, 3.8) is 0 Å². The van der Waals surface area contributed by atoms with Crippen molar-refractivity contribution in [3.8, 4) is 17.0 Å². The molecule has 2 atom stereocenters. The van der Waals surface area contributed by atoms with Crippen LogP contribution in [0.2, 0.25) is 5.02 Å². The number of pyridine rings is 1. The van der Waals surface area contributed by atoms with Gasteiger partial charge in [-0.2, -0.15) is 0 Å². The Hall–Kier alpha value is -1.85. The molecule has 4 rings (SSSR count). The van der Waals surface area contributed by atoms with Gasteiger partial charge >= 0.3 is 0 Å². The molecule has 6 heteroatoms. The average molecular weight is 391 g/mol. The predicted octanol–water partition coefficient (Wildman–Crippen LogP) is 4.93. The molecule has 1 aromatic carbocycles. The first kappa shape index (κ1) is 18.5. The van der Waals surface area contributed by atoms with Crippen LogP contribution in [-0.4, -0.2) is 28.3 Å². The first-order chi connectivity index (χ1) is 12.6. The highest BCUT2D eigenvalue weighted by molar-refractivity contribution is 6.33. The third-order valence-corrected chi connectivity index (χ3v) is 6.94. The molecule has 27 heavy (non-hydrogen) atoms. The van der Waals surface area contributed by atoms with Crippen molar-refractivity contribution in [1.82, 2.24) is 4.98 Å². The van der Waals surface area contributed by atoms with Gasteiger partial charge in [0.1, 0.15) is 5.82 Å². The quantitative estimate of drug-likeness (QED) is 0.763. The smallest absolute Gasteiger partial charge is 0.213 e. The van der Waals surface area contributed by atoms with Gasteiger partial charge in [0.05, 0.1) is 29.5 Å². The summed E-state index contributed by atoms with van der Waals surface area (Å²) in [5, 5.41) is 15.3. The third-order valence-electron chi connectivity index (χ3n) is 6.64. The normalized spacial score (nSPS) is 28.3. The number of nitrogens with one attached hydrogen (secondary N) is 1. The number of methoxy groups -OCH3 is 1. The van der Waals surface area contributed by atoms with Gasteiger partial charge in [-0.05, 0) is 50.8 Å². The Morgan fingerprint density at radius 2 is 1.93 bits per heavy atom. The van der Waals surface area contributed by atoms with Gasteiger partial charge in [0.2, 0.25) is 5.88 Å². The molecule has 1 aliphatic heterocycles. The van der Waals surface area contributed by atoms with Crippen LogP contribution in [0.1, 0.15) is 45.6 Å². The lowest BCUT2D eigenvalue weighted by Gasteiger charge is -2.55. The second-order valence-electron chi connectivity index (χ2n) is 8.38. The van der Waals surface area contributed by atoms with Crippen molar-refractivity contribution < 1.29 is 14.2 Å². The molecule has 1 aliphatic carbocycles. The molecule has 2 unspecified atom stereocenters. The maximum absolute atomic E-state index is 15.1. The fraction of sp³-hybridized carbons (Fsp3) is 0.476. The molecule has 2 aromatic rings. The Morgan fingerprint density at radius 3 is 2.63 bits per heavy atom. The molecule has 0 radical (unpaired) electrons. The van der Waals surface area contributed by atoms with Crippen molar-refractivity contribution >= 4 is 17.3 Å². The van der Waals surface area contributed by atoms with Crippen LogP contribution in [0.5, 0.6) is 5.88 Å². The second kappa shape index (κ2) is 5.82. The zero-order chi connectivity index (χ0) is 19.6. The molecule has 4 nitrogen and oxygen atoms in total. The summed E-state index contributed by atoms with van der Waals surface area (Å²) in [6.45, 7) is 6.05. The summed E-state index contributed by atoms with van der Waals surface area (Å²) in [6, 6.07) is 4.97. The molecular weight excluding hydrogens is 367 g/mol. The summed E-state index contributed by atoms with van der Waals surface area (Å²) < 4.78 is 20.2. The summed E-state index contributed by atoms with van der Waals surface area (Å²) in [5.74, 6) is -0.00592. The van der Waals surface area contributed by atoms with Crippen LogP contribution in [0.15, 0.2) is 24.4 Å². The van der Waals surface area contributed by atoms with Crippen LogP contribution in [0.3, 0.4) is 0 Å². The van der Waals surface area contributed by atoms with Gasteiger partial charge in [-0.25, -0.2) is 9.37 Å². The molecule has 0 amide bonds. The van der Waals surface area contributed by atoms with E-state index >= 15 is 4.39 Å². The SMILES string of the molecule is COc1cc(-c2cc3c(cc2F)NC(C)(C)C2(O)CCCC32C)c(Cl)cn1. The third kappa shape index (κ3) is 2.41. The van der Waals surface area contributed by atoms with E-state index in [0.29, 0.717) is 28.5 Å². The number of ether oxygens (including phenoxy) is 1. The fourth-order valence-electron chi connectivity index (χ4n) is 5.06. The van der Waals surface area contributed by atoms with E-state index in [4.69, 9.17) is 16.3 Å². The van der Waals surface area contributed by atoms with E-state index in [2.05, 4.69) is 17.2 Å². The van der Waals surface area contributed by atoms with Crippen LogP contribution in [0, 0.1) is 5.82 Å². The summed E-state index contributed by atoms with van der Waals surface area (Å²) in [5.41, 5.74) is 0.620. The number of hydrogen-bond donors (Lipinski definition) is 2. The molecular formula is C21H24ClFN2O2. The van der Waals surface area contributed by atoms with Crippen LogP contribution >= 0.6 is 11.6 Å².